The molecule has 3 heterocycles. The van der Waals surface area contributed by atoms with Crippen LogP contribution >= 0.6 is 11.6 Å². The molecule has 44 heavy (non-hydrogen) atoms. The van der Waals surface area contributed by atoms with E-state index in [0.29, 0.717) is 30.9 Å². The lowest BCUT2D eigenvalue weighted by Crippen LogP contribution is -2.49. The maximum Gasteiger partial charge on any atom is 0.416 e. The van der Waals surface area contributed by atoms with Crippen molar-refractivity contribution in [2.24, 2.45) is 0 Å². The number of nitrogens with one attached hydrogen (secondary N) is 3. The molecule has 2 aliphatic heterocycles. The summed E-state index contributed by atoms with van der Waals surface area (Å²) >= 11 is 5.80. The molecule has 2 aliphatic rings. The van der Waals surface area contributed by atoms with Gasteiger partial charge in [0.05, 0.1) is 16.5 Å². The molecular weight excluding hydrogens is 625 g/mol. The van der Waals surface area contributed by atoms with Crippen LogP contribution in [0.25, 0.3) is 0 Å². The number of hydrogen-bond donors (Lipinski definition) is 3. The molecule has 5 rings (SSSR count). The zero-order valence-corrected chi connectivity index (χ0v) is 24.7. The third-order valence-electron chi connectivity index (χ3n) is 7.07. The Bertz CT molecular complexity index is 1630. The molecule has 234 valence electrons. The minimum absolute atomic E-state index is 0.0149. The van der Waals surface area contributed by atoms with Gasteiger partial charge in [-0.3, -0.25) is 4.79 Å². The Morgan fingerprint density at radius 3 is 2.45 bits per heavy atom. The summed E-state index contributed by atoms with van der Waals surface area (Å²) in [5.74, 6) is -0.351. The molecule has 2 aromatic carbocycles. The number of alkyl halides is 3. The van der Waals surface area contributed by atoms with Crippen molar-refractivity contribution in [3.05, 3.63) is 82.5 Å². The van der Waals surface area contributed by atoms with Crippen LogP contribution in [-0.2, 0) is 27.5 Å². The Hall–Kier alpha value is -3.92. The number of amides is 2. The van der Waals surface area contributed by atoms with Crippen molar-refractivity contribution in [2.75, 3.05) is 49.5 Å². The Morgan fingerprint density at radius 1 is 1.07 bits per heavy atom. The molecule has 3 N–H and O–H groups in total. The van der Waals surface area contributed by atoms with Crippen molar-refractivity contribution in [1.29, 1.82) is 0 Å². The second-order valence-corrected chi connectivity index (χ2v) is 12.5. The lowest BCUT2D eigenvalue weighted by Gasteiger charge is -2.35. The third-order valence-corrected chi connectivity index (χ3v) is 9.17. The topological polar surface area (TPSA) is 133 Å². The molecule has 3 aromatic rings. The van der Waals surface area contributed by atoms with Gasteiger partial charge in [0, 0.05) is 50.5 Å². The van der Waals surface area contributed by atoms with Gasteiger partial charge in [0.2, 0.25) is 10.0 Å². The number of halogens is 4. The Morgan fingerprint density at radius 2 is 1.80 bits per heavy atom. The van der Waals surface area contributed by atoms with Crippen LogP contribution in [0.5, 0.6) is 0 Å². The molecule has 0 saturated carbocycles. The summed E-state index contributed by atoms with van der Waals surface area (Å²) < 4.78 is 72.2. The number of carbonyl (C=O) groups is 2. The first-order valence-electron chi connectivity index (χ1n) is 13.5. The number of ether oxygens (including phenoxy) is 1. The first kappa shape index (κ1) is 31.5. The molecular formula is C28H28ClF3N6O5S. The quantitative estimate of drug-likeness (QED) is 0.298. The van der Waals surface area contributed by atoms with Crippen LogP contribution in [0.3, 0.4) is 0 Å². The van der Waals surface area contributed by atoms with Crippen LogP contribution in [0, 0.1) is 0 Å². The van der Waals surface area contributed by atoms with E-state index >= 15 is 0 Å². The zero-order chi connectivity index (χ0) is 31.5. The molecule has 1 aromatic heterocycles. The van der Waals surface area contributed by atoms with Gasteiger partial charge in [-0.25, -0.2) is 18.2 Å². The van der Waals surface area contributed by atoms with Gasteiger partial charge in [-0.15, -0.1) is 0 Å². The van der Waals surface area contributed by atoms with Crippen LogP contribution in [0.1, 0.15) is 21.5 Å². The summed E-state index contributed by atoms with van der Waals surface area (Å²) in [7, 11) is -3.90. The summed E-state index contributed by atoms with van der Waals surface area (Å²) in [6.45, 7) is 1.58. The minimum atomic E-state index is -4.59. The molecule has 0 radical (unpaired) electrons. The largest absolute Gasteiger partial charge is 0.447 e. The van der Waals surface area contributed by atoms with Gasteiger partial charge in [-0.05, 0) is 54.1 Å². The normalized spacial score (nSPS) is 17.7. The second-order valence-electron chi connectivity index (χ2n) is 10.2. The van der Waals surface area contributed by atoms with Crippen molar-refractivity contribution < 1.29 is 35.9 Å². The Labute approximate surface area is 256 Å². The molecule has 1 unspecified atom stereocenters. The summed E-state index contributed by atoms with van der Waals surface area (Å²) in [5.41, 5.74) is 0.735. The number of alkyl carbamates (subject to hydrolysis) is 1. The number of anilines is 2. The number of sulfonamides is 1. The summed E-state index contributed by atoms with van der Waals surface area (Å²) in [5, 5.41) is 8.34. The molecule has 0 aliphatic carbocycles. The van der Waals surface area contributed by atoms with Crippen LogP contribution < -0.4 is 20.9 Å². The van der Waals surface area contributed by atoms with Crippen LogP contribution in [0.15, 0.2) is 65.6 Å². The van der Waals surface area contributed by atoms with Gasteiger partial charge in [-0.1, -0.05) is 23.7 Å². The maximum absolute atomic E-state index is 13.3. The van der Waals surface area contributed by atoms with Gasteiger partial charge in [0.25, 0.3) is 5.91 Å². The first-order valence-corrected chi connectivity index (χ1v) is 15.3. The van der Waals surface area contributed by atoms with E-state index in [9.17, 15) is 31.2 Å². The van der Waals surface area contributed by atoms with E-state index in [1.54, 1.807) is 23.1 Å². The summed E-state index contributed by atoms with van der Waals surface area (Å²) in [4.78, 5) is 29.5. The molecule has 2 amide bonds. The van der Waals surface area contributed by atoms with Gasteiger partial charge in [-0.2, -0.15) is 17.5 Å². The van der Waals surface area contributed by atoms with Crippen LogP contribution in [-0.4, -0.2) is 75.1 Å². The van der Waals surface area contributed by atoms with Gasteiger partial charge in [0.1, 0.15) is 17.6 Å². The van der Waals surface area contributed by atoms with Gasteiger partial charge in [0.15, 0.2) is 0 Å². The second kappa shape index (κ2) is 13.0. The lowest BCUT2D eigenvalue weighted by molar-refractivity contribution is -0.137. The van der Waals surface area contributed by atoms with Gasteiger partial charge >= 0.3 is 12.3 Å². The molecule has 16 heteroatoms. The molecule has 2 saturated heterocycles. The van der Waals surface area contributed by atoms with Gasteiger partial charge < -0.3 is 25.6 Å². The number of aromatic nitrogens is 1. The fourth-order valence-electron chi connectivity index (χ4n) is 4.78. The van der Waals surface area contributed by atoms with E-state index in [1.165, 1.54) is 28.6 Å². The minimum Gasteiger partial charge on any atom is -0.447 e. The van der Waals surface area contributed by atoms with Crippen molar-refractivity contribution in [2.45, 2.75) is 23.7 Å². The lowest BCUT2D eigenvalue weighted by atomic mass is 10.1. The third kappa shape index (κ3) is 7.59. The Kier molecular flexibility index (Phi) is 9.29. The standard InChI is InChI=1S/C28H28ClF3N6O5S/c29-24-13-20(28(30,31)32)14-25(36-24)37-8-10-38(11-9-37)44(41,42)23-6-4-21(5-7-23)34-26(39)19-3-1-2-18(12-19)15-33-16-22-17-43-27(40)35-22/h1-7,12-14,22,33H,8-11,15-17H2,(H,34,39)(H,35,40). The smallest absolute Gasteiger partial charge is 0.416 e. The van der Waals surface area contributed by atoms with E-state index in [0.717, 1.165) is 17.7 Å². The average Bonchev–Trinajstić information content (AvgIpc) is 3.41. The predicted octanol–water partition coefficient (Wildman–Crippen LogP) is 3.72. The number of hydrogen-bond acceptors (Lipinski definition) is 8. The highest BCUT2D eigenvalue weighted by molar-refractivity contribution is 7.89. The number of pyridine rings is 1. The highest BCUT2D eigenvalue weighted by atomic mass is 35.5. The van der Waals surface area contributed by atoms with E-state index in [-0.39, 0.29) is 54.0 Å². The van der Waals surface area contributed by atoms with Crippen molar-refractivity contribution in [1.82, 2.24) is 19.9 Å². The number of benzene rings is 2. The predicted molar refractivity (Wildman–Crippen MR) is 156 cm³/mol. The zero-order valence-electron chi connectivity index (χ0n) is 23.1. The van der Waals surface area contributed by atoms with Crippen LogP contribution in [0.2, 0.25) is 5.15 Å². The number of nitrogens with zero attached hydrogens (tertiary/aromatic N) is 3. The van der Waals surface area contributed by atoms with E-state index < -0.39 is 27.9 Å². The number of carbonyl (C=O) groups excluding carboxylic acids is 2. The van der Waals surface area contributed by atoms with E-state index in [2.05, 4.69) is 20.9 Å². The number of piperazine rings is 1. The van der Waals surface area contributed by atoms with E-state index in [1.807, 2.05) is 6.07 Å². The van der Waals surface area contributed by atoms with Crippen molar-refractivity contribution >= 4 is 45.1 Å². The fraction of sp³-hybridized carbons (Fsp3) is 0.321. The molecule has 2 fully saturated rings. The highest BCUT2D eigenvalue weighted by Gasteiger charge is 2.34. The average molecular weight is 653 g/mol. The number of cyclic esters (lactones) is 1. The maximum atomic E-state index is 13.3. The Balaban J connectivity index is 1.15. The van der Waals surface area contributed by atoms with Crippen LogP contribution in [0.4, 0.5) is 29.5 Å². The molecule has 11 nitrogen and oxygen atoms in total. The van der Waals surface area contributed by atoms with Crippen molar-refractivity contribution in [3.63, 3.8) is 0 Å². The molecule has 0 bridgehead atoms. The number of rotatable bonds is 9. The highest BCUT2D eigenvalue weighted by Crippen LogP contribution is 2.33. The molecule has 1 atom stereocenters. The summed E-state index contributed by atoms with van der Waals surface area (Å²) in [6.07, 6.45) is -5.03. The fourth-order valence-corrected chi connectivity index (χ4v) is 6.40. The van der Waals surface area contributed by atoms with E-state index in [4.69, 9.17) is 16.3 Å². The SMILES string of the molecule is O=C1NC(CNCc2cccc(C(=O)Nc3ccc(S(=O)(=O)N4CCN(c5cc(C(F)(F)F)cc(Cl)n5)CC4)cc3)c2)CO1. The van der Waals surface area contributed by atoms with Crippen molar-refractivity contribution in [3.8, 4) is 0 Å². The summed E-state index contributed by atoms with van der Waals surface area (Å²) in [6, 6.07) is 14.3. The first-order chi connectivity index (χ1) is 20.9. The monoisotopic (exact) mass is 652 g/mol. The molecule has 0 spiro atoms.